The Labute approximate surface area is 392 Å². The smallest absolute Gasteiger partial charge is 0.328 e. The molecule has 346 valence electrons. The first-order valence-corrected chi connectivity index (χ1v) is 21.7. The van der Waals surface area contributed by atoms with E-state index in [0.29, 0.717) is 33.6 Å². The highest BCUT2D eigenvalue weighted by Gasteiger charge is 2.28. The van der Waals surface area contributed by atoms with Crippen molar-refractivity contribution in [3.05, 3.63) is 113 Å². The van der Waals surface area contributed by atoms with E-state index in [4.69, 9.17) is 47.4 Å². The van der Waals surface area contributed by atoms with Crippen LogP contribution in [0.3, 0.4) is 0 Å². The number of nitriles is 2. The number of anilines is 1. The van der Waals surface area contributed by atoms with Crippen LogP contribution in [0.4, 0.5) is 5.82 Å². The predicted octanol–water partition coefficient (Wildman–Crippen LogP) is 3.10. The number of carbonyl (C=O) groups is 4. The zero-order valence-corrected chi connectivity index (χ0v) is 37.5. The van der Waals surface area contributed by atoms with Crippen molar-refractivity contribution in [3.63, 3.8) is 0 Å². The number of carbonyl (C=O) groups excluding carboxylic acids is 4. The number of nitrogen functional groups attached to an aromatic ring is 1. The second kappa shape index (κ2) is 22.9. The number of amides is 2. The second-order valence-corrected chi connectivity index (χ2v) is 16.3. The molecule has 0 bridgehead atoms. The van der Waals surface area contributed by atoms with Gasteiger partial charge in [-0.25, -0.2) is 29.5 Å². The zero-order valence-electron chi connectivity index (χ0n) is 35.9. The van der Waals surface area contributed by atoms with Crippen molar-refractivity contribution in [2.24, 2.45) is 11.5 Å². The average molecular weight is 950 g/mol. The summed E-state index contributed by atoms with van der Waals surface area (Å²) in [7, 11) is 0. The predicted molar refractivity (Wildman–Crippen MR) is 242 cm³/mol. The molecule has 0 fully saturated rings. The van der Waals surface area contributed by atoms with Crippen LogP contribution in [-0.2, 0) is 47.2 Å². The fourth-order valence-corrected chi connectivity index (χ4v) is 7.23. The minimum Gasteiger partial charge on any atom is -0.490 e. The number of H-pyrrole nitrogens is 2. The zero-order chi connectivity index (χ0) is 48.0. The van der Waals surface area contributed by atoms with Crippen molar-refractivity contribution < 1.29 is 37.8 Å². The van der Waals surface area contributed by atoms with E-state index in [0.717, 1.165) is 5.56 Å². The second-order valence-electron chi connectivity index (χ2n) is 14.9. The van der Waals surface area contributed by atoms with Crippen LogP contribution in [0.5, 0.6) is 5.75 Å². The summed E-state index contributed by atoms with van der Waals surface area (Å²) in [5.74, 6) is -2.19. The number of aromatic nitrogens is 6. The van der Waals surface area contributed by atoms with E-state index < -0.39 is 60.6 Å². The van der Waals surface area contributed by atoms with Gasteiger partial charge in [0.25, 0.3) is 0 Å². The number of pyridine rings is 1. The van der Waals surface area contributed by atoms with Gasteiger partial charge in [0.05, 0.1) is 36.0 Å². The van der Waals surface area contributed by atoms with Gasteiger partial charge in [0, 0.05) is 58.5 Å². The normalized spacial score (nSPS) is 13.2. The number of hydrogen-bond acceptors (Lipinski definition) is 18. The van der Waals surface area contributed by atoms with E-state index >= 15 is 0 Å². The van der Waals surface area contributed by atoms with Gasteiger partial charge in [-0.15, -0.1) is 0 Å². The van der Waals surface area contributed by atoms with Gasteiger partial charge in [0.1, 0.15) is 65.9 Å². The summed E-state index contributed by atoms with van der Waals surface area (Å²) in [5.41, 5.74) is 21.6. The van der Waals surface area contributed by atoms with Crippen LogP contribution in [0.1, 0.15) is 42.1 Å². The summed E-state index contributed by atoms with van der Waals surface area (Å²) in [6.45, 7) is 1.92. The summed E-state index contributed by atoms with van der Waals surface area (Å²) in [6.07, 6.45) is 6.46. The Morgan fingerprint density at radius 2 is 1.40 bits per heavy atom. The standard InChI is InChI=1S/C44H44ClN13O8S/c1-23(55-39(59)35(48)11-28-15-51-21-53-28)43(61)65-19-32(66-44(62)24(2)56-40(60)36(49)12-29-16-52-22-54-29)18-63-31-9-5-25(6-10-31)37-33(13-46)38(50)58-42(34(37)14-47)67-20-30-17-64-41(57-30)26-3-7-27(45)8-4-26/h3-10,15-17,21-24,32,35-36H,11-12,18-20,48-49H2,1-2H3,(H2,50,58)(H,51,53)(H,52,54)(H,55,59)(H,56,60)/t23-,24?,32-,35-,36-/m0/s1. The number of nitrogens with one attached hydrogen (secondary N) is 4. The number of oxazole rings is 1. The lowest BCUT2D eigenvalue weighted by molar-refractivity contribution is -0.163. The van der Waals surface area contributed by atoms with Crippen molar-refractivity contribution in [1.82, 2.24) is 40.5 Å². The molecule has 0 radical (unpaired) electrons. The number of esters is 2. The number of halogens is 1. The molecular weight excluding hydrogens is 906 g/mol. The quantitative estimate of drug-likeness (QED) is 0.0402. The van der Waals surface area contributed by atoms with Crippen LogP contribution < -0.4 is 32.6 Å². The minimum atomic E-state index is -1.23. The van der Waals surface area contributed by atoms with Crippen LogP contribution >= 0.6 is 23.4 Å². The number of thioether (sulfide) groups is 1. The Bertz CT molecular complexity index is 2740. The third kappa shape index (κ3) is 13.2. The number of nitrogens with zero attached hydrogens (tertiary/aromatic N) is 6. The molecule has 23 heteroatoms. The Hall–Kier alpha value is -7.76. The summed E-state index contributed by atoms with van der Waals surface area (Å²) < 4.78 is 22.7. The van der Waals surface area contributed by atoms with E-state index in [1.165, 1.54) is 56.9 Å². The van der Waals surface area contributed by atoms with Crippen LogP contribution in [0.15, 0.2) is 89.3 Å². The van der Waals surface area contributed by atoms with Gasteiger partial charge in [-0.1, -0.05) is 35.5 Å². The van der Waals surface area contributed by atoms with E-state index in [1.54, 1.807) is 48.5 Å². The van der Waals surface area contributed by atoms with Crippen LogP contribution in [0.2, 0.25) is 5.02 Å². The van der Waals surface area contributed by atoms with Gasteiger partial charge in [0.2, 0.25) is 17.7 Å². The molecule has 0 aliphatic rings. The number of imidazole rings is 2. The first kappa shape index (κ1) is 48.7. The highest BCUT2D eigenvalue weighted by molar-refractivity contribution is 7.98. The highest BCUT2D eigenvalue weighted by atomic mass is 35.5. The molecule has 6 rings (SSSR count). The molecule has 21 nitrogen and oxygen atoms in total. The Morgan fingerprint density at radius 3 is 1.97 bits per heavy atom. The van der Waals surface area contributed by atoms with E-state index in [2.05, 4.69) is 52.7 Å². The maximum absolute atomic E-state index is 13.3. The number of hydrogen-bond donors (Lipinski definition) is 7. The maximum atomic E-state index is 13.3. The largest absolute Gasteiger partial charge is 0.490 e. The van der Waals surface area contributed by atoms with E-state index in [1.807, 2.05) is 0 Å². The number of nitrogens with two attached hydrogens (primary N) is 3. The number of rotatable bonds is 21. The summed E-state index contributed by atoms with van der Waals surface area (Å²) in [6, 6.07) is 13.2. The van der Waals surface area contributed by atoms with Crippen molar-refractivity contribution in [2.75, 3.05) is 18.9 Å². The van der Waals surface area contributed by atoms with Crippen molar-refractivity contribution in [3.8, 4) is 40.5 Å². The first-order chi connectivity index (χ1) is 32.2. The van der Waals surface area contributed by atoms with Crippen LogP contribution in [-0.4, -0.2) is 97.1 Å². The molecule has 2 amide bonds. The number of benzene rings is 2. The molecule has 67 heavy (non-hydrogen) atoms. The van der Waals surface area contributed by atoms with Crippen molar-refractivity contribution >= 4 is 52.9 Å². The lowest BCUT2D eigenvalue weighted by atomic mass is 9.97. The minimum absolute atomic E-state index is 0.0106. The Balaban J connectivity index is 1.13. The van der Waals surface area contributed by atoms with Crippen LogP contribution in [0, 0.1) is 22.7 Å². The molecule has 5 atom stereocenters. The molecule has 0 spiro atoms. The average Bonchev–Trinajstić information content (AvgIpc) is 4.14. The van der Waals surface area contributed by atoms with E-state index in [-0.39, 0.29) is 58.5 Å². The SMILES string of the molecule is CC(NC(=O)[C@@H](N)Cc1cnc[nH]1)C(=O)O[C@H](COC(=O)[C@H](C)NC(=O)[C@@H](N)Cc1cnc[nH]1)COc1ccc(-c2c(C#N)c(N)nc(SCc3coc(-c4ccc(Cl)cc4)n3)c2C#N)cc1. The molecule has 0 saturated carbocycles. The molecule has 0 aliphatic heterocycles. The lowest BCUT2D eigenvalue weighted by Gasteiger charge is -2.23. The molecule has 0 saturated heterocycles. The monoisotopic (exact) mass is 949 g/mol. The van der Waals surface area contributed by atoms with Crippen molar-refractivity contribution in [2.45, 2.75) is 67.7 Å². The van der Waals surface area contributed by atoms with Gasteiger partial charge < -0.3 is 56.4 Å². The molecule has 6 aromatic rings. The van der Waals surface area contributed by atoms with Crippen LogP contribution in [0.25, 0.3) is 22.6 Å². The third-order valence-electron chi connectivity index (χ3n) is 9.78. The molecule has 4 heterocycles. The van der Waals surface area contributed by atoms with Gasteiger partial charge in [0.15, 0.2) is 6.10 Å². The summed E-state index contributed by atoms with van der Waals surface area (Å²) >= 11 is 7.19. The van der Waals surface area contributed by atoms with Gasteiger partial charge in [-0.2, -0.15) is 10.5 Å². The molecule has 0 aliphatic carbocycles. The highest BCUT2D eigenvalue weighted by Crippen LogP contribution is 2.37. The molecule has 10 N–H and O–H groups in total. The third-order valence-corrected chi connectivity index (χ3v) is 11.0. The molecule has 4 aromatic heterocycles. The Kier molecular flexibility index (Phi) is 16.7. The first-order valence-electron chi connectivity index (χ1n) is 20.4. The molecule has 2 aromatic carbocycles. The number of aromatic amines is 2. The molecular formula is C44H44ClN13O8S. The maximum Gasteiger partial charge on any atom is 0.328 e. The fourth-order valence-electron chi connectivity index (χ4n) is 6.23. The topological polar surface area (TPSA) is 342 Å². The van der Waals surface area contributed by atoms with Gasteiger partial charge in [-0.3, -0.25) is 9.59 Å². The number of ether oxygens (including phenoxy) is 3. The summed E-state index contributed by atoms with van der Waals surface area (Å²) in [5, 5.41) is 26.3. The Morgan fingerprint density at radius 1 is 0.821 bits per heavy atom. The summed E-state index contributed by atoms with van der Waals surface area (Å²) in [4.78, 5) is 74.3. The fraction of sp³-hybridized carbons (Fsp3) is 0.273. The lowest BCUT2D eigenvalue weighted by Crippen LogP contribution is -2.50. The van der Waals surface area contributed by atoms with Gasteiger partial charge in [-0.05, 0) is 55.8 Å². The van der Waals surface area contributed by atoms with Gasteiger partial charge >= 0.3 is 11.9 Å². The van der Waals surface area contributed by atoms with Crippen molar-refractivity contribution in [1.29, 1.82) is 10.5 Å². The molecule has 1 unspecified atom stereocenters. The van der Waals surface area contributed by atoms with E-state index in [9.17, 15) is 29.7 Å².